The summed E-state index contributed by atoms with van der Waals surface area (Å²) in [7, 11) is 0. The van der Waals surface area contributed by atoms with E-state index in [1.165, 1.54) is 16.0 Å². The Hall–Kier alpha value is -0.750. The van der Waals surface area contributed by atoms with Crippen molar-refractivity contribution in [2.75, 3.05) is 45.0 Å². The average Bonchev–Trinajstić information content (AvgIpc) is 2.53. The third kappa shape index (κ3) is 7.57. The maximum Gasteiger partial charge on any atom is 0.230 e. The summed E-state index contributed by atoms with van der Waals surface area (Å²) in [4.78, 5) is 15.6. The molecule has 1 aromatic rings. The van der Waals surface area contributed by atoms with Gasteiger partial charge in [-0.2, -0.15) is 0 Å². The van der Waals surface area contributed by atoms with Crippen molar-refractivity contribution in [1.29, 1.82) is 0 Å². The number of nitrogens with zero attached hydrogens (tertiary/aromatic N) is 1. The highest BCUT2D eigenvalue weighted by Gasteiger charge is 2.09. The second-order valence-corrected chi connectivity index (χ2v) is 6.87. The van der Waals surface area contributed by atoms with Crippen LogP contribution in [0.5, 0.6) is 0 Å². The van der Waals surface area contributed by atoms with Crippen molar-refractivity contribution < 1.29 is 4.79 Å². The molecule has 1 aromatic carbocycles. The molecular weight excluding hydrogens is 330 g/mol. The van der Waals surface area contributed by atoms with E-state index in [1.54, 1.807) is 11.8 Å². The minimum Gasteiger partial charge on any atom is -0.355 e. The maximum absolute atomic E-state index is 11.9. The zero-order valence-corrected chi connectivity index (χ0v) is 15.7. The summed E-state index contributed by atoms with van der Waals surface area (Å²) in [6, 6.07) is 6.37. The molecule has 1 heterocycles. The Balaban J connectivity index is 0.00000264. The molecule has 1 amide bonds. The van der Waals surface area contributed by atoms with Gasteiger partial charge in [-0.1, -0.05) is 17.7 Å². The standard InChI is InChI=1S/C17H27N3OS.ClH/c1-14-4-5-15(2)16(12-14)22-13-17(21)19-6-3-9-20-10-7-18-8-11-20;/h4-5,12,18H,3,6-11,13H2,1-2H3,(H,19,21);1H. The number of rotatable bonds is 7. The van der Waals surface area contributed by atoms with E-state index in [0.29, 0.717) is 5.75 Å². The number of thioether (sulfide) groups is 1. The fourth-order valence-electron chi connectivity index (χ4n) is 2.52. The summed E-state index contributed by atoms with van der Waals surface area (Å²) >= 11 is 1.62. The molecule has 1 fully saturated rings. The number of aryl methyl sites for hydroxylation is 2. The minimum absolute atomic E-state index is 0. The van der Waals surface area contributed by atoms with Gasteiger partial charge >= 0.3 is 0 Å². The predicted octanol–water partition coefficient (Wildman–Crippen LogP) is 2.23. The summed E-state index contributed by atoms with van der Waals surface area (Å²) < 4.78 is 0. The molecule has 1 saturated heterocycles. The third-order valence-corrected chi connectivity index (χ3v) is 5.04. The molecule has 0 unspecified atom stereocenters. The lowest BCUT2D eigenvalue weighted by Gasteiger charge is -2.27. The van der Waals surface area contributed by atoms with Gasteiger partial charge in [-0.3, -0.25) is 4.79 Å². The van der Waals surface area contributed by atoms with Crippen molar-refractivity contribution in [1.82, 2.24) is 15.5 Å². The second kappa shape index (κ2) is 10.9. The number of nitrogens with one attached hydrogen (secondary N) is 2. The Morgan fingerprint density at radius 1 is 1.30 bits per heavy atom. The molecule has 0 radical (unpaired) electrons. The molecule has 130 valence electrons. The van der Waals surface area contributed by atoms with Crippen molar-refractivity contribution >= 4 is 30.1 Å². The molecule has 0 spiro atoms. The normalized spacial score (nSPS) is 15.0. The van der Waals surface area contributed by atoms with Crippen LogP contribution in [0.15, 0.2) is 23.1 Å². The largest absolute Gasteiger partial charge is 0.355 e. The van der Waals surface area contributed by atoms with Crippen LogP contribution in [-0.4, -0.2) is 55.8 Å². The van der Waals surface area contributed by atoms with Gasteiger partial charge in [0.15, 0.2) is 0 Å². The molecular formula is C17H28ClN3OS. The Bertz CT molecular complexity index is 493. The fourth-order valence-corrected chi connectivity index (χ4v) is 3.48. The van der Waals surface area contributed by atoms with E-state index in [4.69, 9.17) is 0 Å². The van der Waals surface area contributed by atoms with E-state index in [1.807, 2.05) is 0 Å². The Labute approximate surface area is 150 Å². The van der Waals surface area contributed by atoms with E-state index >= 15 is 0 Å². The molecule has 4 nitrogen and oxygen atoms in total. The summed E-state index contributed by atoms with van der Waals surface area (Å²) in [6.45, 7) is 10.4. The minimum atomic E-state index is 0. The molecule has 1 aliphatic heterocycles. The molecule has 2 rings (SSSR count). The van der Waals surface area contributed by atoms with Gasteiger partial charge in [-0.15, -0.1) is 24.2 Å². The highest BCUT2D eigenvalue weighted by atomic mass is 35.5. The van der Waals surface area contributed by atoms with Crippen molar-refractivity contribution in [3.05, 3.63) is 29.3 Å². The SMILES string of the molecule is Cc1ccc(C)c(SCC(=O)NCCCN2CCNCC2)c1.Cl. The summed E-state index contributed by atoms with van der Waals surface area (Å²) in [5.41, 5.74) is 2.48. The van der Waals surface area contributed by atoms with Gasteiger partial charge in [0, 0.05) is 37.6 Å². The van der Waals surface area contributed by atoms with E-state index in [0.717, 1.165) is 45.7 Å². The van der Waals surface area contributed by atoms with Crippen LogP contribution in [0.4, 0.5) is 0 Å². The number of benzene rings is 1. The van der Waals surface area contributed by atoms with Gasteiger partial charge in [-0.05, 0) is 38.4 Å². The highest BCUT2D eigenvalue weighted by Crippen LogP contribution is 2.23. The average molecular weight is 358 g/mol. The molecule has 23 heavy (non-hydrogen) atoms. The first-order valence-corrected chi connectivity index (χ1v) is 9.03. The quantitative estimate of drug-likeness (QED) is 0.580. The van der Waals surface area contributed by atoms with Gasteiger partial charge in [-0.25, -0.2) is 0 Å². The van der Waals surface area contributed by atoms with Crippen molar-refractivity contribution in [2.45, 2.75) is 25.2 Å². The molecule has 0 aliphatic carbocycles. The maximum atomic E-state index is 11.9. The number of hydrogen-bond acceptors (Lipinski definition) is 4. The number of piperazine rings is 1. The van der Waals surface area contributed by atoms with Crippen LogP contribution in [0.25, 0.3) is 0 Å². The Morgan fingerprint density at radius 3 is 2.78 bits per heavy atom. The van der Waals surface area contributed by atoms with Crippen molar-refractivity contribution in [3.8, 4) is 0 Å². The van der Waals surface area contributed by atoms with E-state index in [9.17, 15) is 4.79 Å². The summed E-state index contributed by atoms with van der Waals surface area (Å²) in [6.07, 6.45) is 1.03. The van der Waals surface area contributed by atoms with Crippen LogP contribution in [0, 0.1) is 13.8 Å². The van der Waals surface area contributed by atoms with Gasteiger partial charge < -0.3 is 15.5 Å². The van der Waals surface area contributed by atoms with Gasteiger partial charge in [0.25, 0.3) is 0 Å². The lowest BCUT2D eigenvalue weighted by atomic mass is 10.2. The van der Waals surface area contributed by atoms with Crippen LogP contribution in [-0.2, 0) is 4.79 Å². The first kappa shape index (κ1) is 20.3. The molecule has 2 N–H and O–H groups in total. The molecule has 0 saturated carbocycles. The number of halogens is 1. The zero-order chi connectivity index (χ0) is 15.8. The van der Waals surface area contributed by atoms with Gasteiger partial charge in [0.2, 0.25) is 5.91 Å². The Morgan fingerprint density at radius 2 is 2.04 bits per heavy atom. The van der Waals surface area contributed by atoms with Crippen LogP contribution in [0.2, 0.25) is 0 Å². The Kier molecular flexibility index (Phi) is 9.63. The first-order chi connectivity index (χ1) is 10.6. The van der Waals surface area contributed by atoms with E-state index < -0.39 is 0 Å². The smallest absolute Gasteiger partial charge is 0.230 e. The topological polar surface area (TPSA) is 44.4 Å². The number of carbonyl (C=O) groups excluding carboxylic acids is 1. The lowest BCUT2D eigenvalue weighted by molar-refractivity contribution is -0.118. The van der Waals surface area contributed by atoms with E-state index in [2.05, 4.69) is 47.6 Å². The fraction of sp³-hybridized carbons (Fsp3) is 0.588. The highest BCUT2D eigenvalue weighted by molar-refractivity contribution is 8.00. The molecule has 0 atom stereocenters. The van der Waals surface area contributed by atoms with Crippen LogP contribution in [0.1, 0.15) is 17.5 Å². The lowest BCUT2D eigenvalue weighted by Crippen LogP contribution is -2.44. The summed E-state index contributed by atoms with van der Waals surface area (Å²) in [5, 5.41) is 6.37. The molecule has 6 heteroatoms. The van der Waals surface area contributed by atoms with Crippen LogP contribution >= 0.6 is 24.2 Å². The van der Waals surface area contributed by atoms with Crippen LogP contribution in [0.3, 0.4) is 0 Å². The molecule has 0 aromatic heterocycles. The third-order valence-electron chi connectivity index (χ3n) is 3.89. The second-order valence-electron chi connectivity index (χ2n) is 5.85. The van der Waals surface area contributed by atoms with Gasteiger partial charge in [0.05, 0.1) is 5.75 Å². The predicted molar refractivity (Wildman–Crippen MR) is 101 cm³/mol. The van der Waals surface area contributed by atoms with Crippen LogP contribution < -0.4 is 10.6 Å². The molecule has 1 aliphatic rings. The molecule has 0 bridgehead atoms. The number of hydrogen-bond donors (Lipinski definition) is 2. The van der Waals surface area contributed by atoms with Crippen molar-refractivity contribution in [3.63, 3.8) is 0 Å². The first-order valence-electron chi connectivity index (χ1n) is 8.05. The number of carbonyl (C=O) groups is 1. The van der Waals surface area contributed by atoms with Gasteiger partial charge in [0.1, 0.15) is 0 Å². The van der Waals surface area contributed by atoms with E-state index in [-0.39, 0.29) is 18.3 Å². The zero-order valence-electron chi connectivity index (χ0n) is 14.1. The van der Waals surface area contributed by atoms with Crippen molar-refractivity contribution in [2.24, 2.45) is 0 Å². The monoisotopic (exact) mass is 357 g/mol. The summed E-state index contributed by atoms with van der Waals surface area (Å²) in [5.74, 6) is 0.629. The number of amides is 1.